The van der Waals surface area contributed by atoms with Crippen LogP contribution in [0.4, 0.5) is 0 Å². The molecule has 4 aromatic carbocycles. The minimum atomic E-state index is -0.337. The maximum atomic E-state index is 12.2. The summed E-state index contributed by atoms with van der Waals surface area (Å²) in [7, 11) is 0. The Morgan fingerprint density at radius 3 is 1.94 bits per heavy atom. The summed E-state index contributed by atoms with van der Waals surface area (Å²) in [6.07, 6.45) is 6.45. The van der Waals surface area contributed by atoms with E-state index in [1.807, 2.05) is 47.6 Å². The zero-order valence-electron chi connectivity index (χ0n) is 29.0. The molecule has 0 amide bonds. The first-order valence-electron chi connectivity index (χ1n) is 16.7. The number of fused-ring (bicyclic) bond motifs is 6. The molecule has 4 nitrogen and oxygen atoms in total. The Labute approximate surface area is 294 Å². The Balaban J connectivity index is 0.000000242. The fourth-order valence-corrected chi connectivity index (χ4v) is 6.68. The van der Waals surface area contributed by atoms with Gasteiger partial charge in [-0.15, -0.1) is 29.1 Å². The van der Waals surface area contributed by atoms with Crippen molar-refractivity contribution in [3.8, 4) is 22.5 Å². The number of carbonyl (C=O) groups excluding carboxylic acids is 1. The summed E-state index contributed by atoms with van der Waals surface area (Å²) in [5.74, 6) is 0.286. The van der Waals surface area contributed by atoms with Crippen molar-refractivity contribution in [2.75, 3.05) is 0 Å². The number of nitrogens with zero attached hydrogens (tertiary/aromatic N) is 2. The van der Waals surface area contributed by atoms with E-state index in [4.69, 9.17) is 9.97 Å². The van der Waals surface area contributed by atoms with E-state index in [1.54, 1.807) is 6.33 Å². The minimum absolute atomic E-state index is 0. The number of ketones is 1. The van der Waals surface area contributed by atoms with E-state index in [0.29, 0.717) is 0 Å². The fraction of sp³-hybridized carbons (Fsp3) is 0.357. The molecule has 1 N–H and O–H groups in total. The molecule has 0 unspecified atom stereocenters. The number of rotatable bonds is 8. The van der Waals surface area contributed by atoms with Crippen LogP contribution in [0.5, 0.6) is 0 Å². The van der Waals surface area contributed by atoms with Crippen LogP contribution < -0.4 is 0 Å². The second kappa shape index (κ2) is 14.2. The van der Waals surface area contributed by atoms with Gasteiger partial charge >= 0.3 is 0 Å². The van der Waals surface area contributed by atoms with Crippen LogP contribution in [-0.2, 0) is 30.3 Å². The maximum absolute atomic E-state index is 12.2. The summed E-state index contributed by atoms with van der Waals surface area (Å²) in [5.41, 5.74) is 6.02. The van der Waals surface area contributed by atoms with Crippen LogP contribution in [0.3, 0.4) is 0 Å². The SMILES string of the molecule is CC1(C)c2c(ncnc2-c2[c-]ccc3ccccc23)-c2ccc3ccccc3c21.CCC(C)(CC)C(=O)/C=C(\O)C(C)(CC)CC.[Ir]. The molecule has 0 saturated heterocycles. The molecule has 1 heterocycles. The number of aliphatic hydroxyl groups is 1. The van der Waals surface area contributed by atoms with E-state index in [1.165, 1.54) is 44.3 Å². The minimum Gasteiger partial charge on any atom is -0.512 e. The third kappa shape index (κ3) is 6.45. The first kappa shape index (κ1) is 36.2. The summed E-state index contributed by atoms with van der Waals surface area (Å²) in [4.78, 5) is 21.7. The second-order valence-corrected chi connectivity index (χ2v) is 13.6. The number of aliphatic hydroxyl groups excluding tert-OH is 1. The Morgan fingerprint density at radius 2 is 1.32 bits per heavy atom. The van der Waals surface area contributed by atoms with E-state index in [-0.39, 0.29) is 47.9 Å². The van der Waals surface area contributed by atoms with Gasteiger partial charge in [0.25, 0.3) is 0 Å². The number of hydrogen-bond acceptors (Lipinski definition) is 4. The van der Waals surface area contributed by atoms with Gasteiger partial charge in [-0.1, -0.05) is 121 Å². The first-order valence-corrected chi connectivity index (χ1v) is 16.7. The fourth-order valence-electron chi connectivity index (χ4n) is 6.68. The van der Waals surface area contributed by atoms with Crippen molar-refractivity contribution in [1.29, 1.82) is 0 Å². The Kier molecular flexibility index (Phi) is 10.9. The van der Waals surface area contributed by atoms with Crippen molar-refractivity contribution in [3.63, 3.8) is 0 Å². The molecular weight excluding hydrogens is 757 g/mol. The predicted octanol–water partition coefficient (Wildman–Crippen LogP) is 11.2. The third-order valence-electron chi connectivity index (χ3n) is 10.8. The third-order valence-corrected chi connectivity index (χ3v) is 10.8. The molecule has 0 fully saturated rings. The molecule has 247 valence electrons. The predicted molar refractivity (Wildman–Crippen MR) is 192 cm³/mol. The van der Waals surface area contributed by atoms with Gasteiger partial charge in [0.1, 0.15) is 12.1 Å². The molecule has 5 aromatic rings. The van der Waals surface area contributed by atoms with E-state index >= 15 is 0 Å². The molecule has 47 heavy (non-hydrogen) atoms. The van der Waals surface area contributed by atoms with Crippen LogP contribution in [0.25, 0.3) is 44.1 Å². The Bertz CT molecular complexity index is 1930. The Morgan fingerprint density at radius 1 is 0.766 bits per heavy atom. The van der Waals surface area contributed by atoms with Crippen LogP contribution >= 0.6 is 0 Å². The van der Waals surface area contributed by atoms with E-state index in [2.05, 4.69) is 86.6 Å². The van der Waals surface area contributed by atoms with Gasteiger partial charge in [0.2, 0.25) is 0 Å². The normalized spacial score (nSPS) is 13.7. The number of carbonyl (C=O) groups is 1. The molecule has 6 rings (SSSR count). The average molecular weight is 804 g/mol. The summed E-state index contributed by atoms with van der Waals surface area (Å²) < 4.78 is 0. The number of benzene rings is 4. The van der Waals surface area contributed by atoms with Gasteiger partial charge in [-0.2, -0.15) is 0 Å². The zero-order chi connectivity index (χ0) is 33.3. The quantitative estimate of drug-likeness (QED) is 0.0964. The molecule has 1 radical (unpaired) electrons. The molecule has 1 aromatic heterocycles. The van der Waals surface area contributed by atoms with Gasteiger partial charge < -0.3 is 5.11 Å². The van der Waals surface area contributed by atoms with Crippen molar-refractivity contribution in [3.05, 3.63) is 108 Å². The number of allylic oxidation sites excluding steroid dienone is 2. The topological polar surface area (TPSA) is 63.1 Å². The van der Waals surface area contributed by atoms with Crippen molar-refractivity contribution in [2.24, 2.45) is 10.8 Å². The van der Waals surface area contributed by atoms with Crippen molar-refractivity contribution in [1.82, 2.24) is 9.97 Å². The van der Waals surface area contributed by atoms with E-state index in [9.17, 15) is 9.90 Å². The van der Waals surface area contributed by atoms with Gasteiger partial charge in [0.15, 0.2) is 5.78 Å². The molecule has 1 aliphatic carbocycles. The van der Waals surface area contributed by atoms with Crippen LogP contribution in [0.1, 0.15) is 92.2 Å². The monoisotopic (exact) mass is 804 g/mol. The number of hydrogen-bond donors (Lipinski definition) is 1. The Hall–Kier alpha value is -3.66. The first-order chi connectivity index (χ1) is 22.0. The standard InChI is InChI=1S/C27H19N2.C15H28O2.Ir/c1-27(2)23-20-12-6-4-9-18(20)14-15-22(23)26-24(27)25(28-16-29-26)21-13-7-10-17-8-3-5-11-19(17)21;1-7-14(5,8-2)12(16)11-13(17)15(6,9-3)10-4;/h3-12,14-16H,1-2H3;11,16H,7-10H2,1-6H3;/q-1;;/b;12-11-;. The van der Waals surface area contributed by atoms with Crippen molar-refractivity contribution >= 4 is 27.3 Å². The van der Waals surface area contributed by atoms with Crippen molar-refractivity contribution in [2.45, 2.75) is 86.5 Å². The van der Waals surface area contributed by atoms with Gasteiger partial charge in [0, 0.05) is 48.0 Å². The smallest absolute Gasteiger partial charge is 0.164 e. The zero-order valence-corrected chi connectivity index (χ0v) is 31.4. The van der Waals surface area contributed by atoms with Gasteiger partial charge in [-0.25, -0.2) is 4.98 Å². The molecule has 5 heteroatoms. The van der Waals surface area contributed by atoms with Crippen molar-refractivity contribution < 1.29 is 30.0 Å². The van der Waals surface area contributed by atoms with E-state index < -0.39 is 0 Å². The second-order valence-electron chi connectivity index (χ2n) is 13.6. The molecule has 0 aliphatic heterocycles. The molecule has 0 atom stereocenters. The maximum Gasteiger partial charge on any atom is 0.164 e. The largest absolute Gasteiger partial charge is 0.512 e. The average Bonchev–Trinajstić information content (AvgIpc) is 3.34. The van der Waals surface area contributed by atoms with Gasteiger partial charge in [-0.3, -0.25) is 9.78 Å². The molecule has 1 aliphatic rings. The molecule has 0 spiro atoms. The molecule has 0 bridgehead atoms. The van der Waals surface area contributed by atoms with Crippen LogP contribution in [0, 0.1) is 16.9 Å². The van der Waals surface area contributed by atoms with Crippen LogP contribution in [0.15, 0.2) is 91.0 Å². The van der Waals surface area contributed by atoms with E-state index in [0.717, 1.165) is 42.6 Å². The van der Waals surface area contributed by atoms with Gasteiger partial charge in [0.05, 0.1) is 5.69 Å². The van der Waals surface area contributed by atoms with Crippen LogP contribution in [0.2, 0.25) is 0 Å². The van der Waals surface area contributed by atoms with Crippen LogP contribution in [-0.4, -0.2) is 20.9 Å². The summed E-state index contributed by atoms with van der Waals surface area (Å²) >= 11 is 0. The summed E-state index contributed by atoms with van der Waals surface area (Å²) in [6.45, 7) is 16.7. The summed E-state index contributed by atoms with van der Waals surface area (Å²) in [6, 6.07) is 29.0. The molecular formula is C42H47IrN2O2-. The van der Waals surface area contributed by atoms with Gasteiger partial charge in [-0.05, 0) is 53.3 Å². The number of aromatic nitrogens is 2. The molecule has 0 saturated carbocycles. The summed E-state index contributed by atoms with van der Waals surface area (Å²) in [5, 5.41) is 15.1.